The maximum absolute atomic E-state index is 10.5. The van der Waals surface area contributed by atoms with Gasteiger partial charge in [-0.25, -0.2) is 0 Å². The van der Waals surface area contributed by atoms with Gasteiger partial charge in [0.25, 0.3) is 0 Å². The van der Waals surface area contributed by atoms with Crippen LogP contribution in [0.2, 0.25) is 0 Å². The number of aromatic amines is 1. The molecule has 0 aliphatic heterocycles. The summed E-state index contributed by atoms with van der Waals surface area (Å²) in [5.41, 5.74) is 1.64. The Morgan fingerprint density at radius 1 is 1.33 bits per heavy atom. The SMILES string of the molecule is O=Cc1ccc2cc[nH]c2c1Br. The molecule has 0 atom stereocenters. The Hall–Kier alpha value is -1.09. The molecule has 0 saturated heterocycles. The van der Waals surface area contributed by atoms with Crippen LogP contribution < -0.4 is 0 Å². The summed E-state index contributed by atoms with van der Waals surface area (Å²) in [5, 5.41) is 1.10. The van der Waals surface area contributed by atoms with E-state index in [0.717, 1.165) is 21.7 Å². The van der Waals surface area contributed by atoms with Crippen molar-refractivity contribution < 1.29 is 4.79 Å². The monoisotopic (exact) mass is 223 g/mol. The highest BCUT2D eigenvalue weighted by molar-refractivity contribution is 9.10. The first-order valence-electron chi connectivity index (χ1n) is 3.53. The molecule has 0 amide bonds. The molecule has 2 rings (SSSR count). The summed E-state index contributed by atoms with van der Waals surface area (Å²) in [6.45, 7) is 0. The highest BCUT2D eigenvalue weighted by atomic mass is 79.9. The fraction of sp³-hybridized carbons (Fsp3) is 0. The van der Waals surface area contributed by atoms with E-state index in [9.17, 15) is 4.79 Å². The minimum Gasteiger partial charge on any atom is -0.360 e. The smallest absolute Gasteiger partial charge is 0.151 e. The number of carbonyl (C=O) groups is 1. The Labute approximate surface area is 77.7 Å². The molecule has 12 heavy (non-hydrogen) atoms. The van der Waals surface area contributed by atoms with Crippen molar-refractivity contribution in [1.29, 1.82) is 0 Å². The zero-order valence-corrected chi connectivity index (χ0v) is 7.76. The fourth-order valence-electron chi connectivity index (χ4n) is 1.20. The Bertz CT molecular complexity index is 433. The first-order valence-corrected chi connectivity index (χ1v) is 4.33. The molecule has 0 aliphatic carbocycles. The molecule has 1 aromatic heterocycles. The number of carbonyl (C=O) groups excluding carboxylic acids is 1. The average Bonchev–Trinajstić information content (AvgIpc) is 2.53. The van der Waals surface area contributed by atoms with Crippen LogP contribution in [0.15, 0.2) is 28.9 Å². The highest BCUT2D eigenvalue weighted by Gasteiger charge is 2.03. The van der Waals surface area contributed by atoms with E-state index in [2.05, 4.69) is 20.9 Å². The molecule has 0 radical (unpaired) electrons. The summed E-state index contributed by atoms with van der Waals surface area (Å²) in [7, 11) is 0. The van der Waals surface area contributed by atoms with Gasteiger partial charge in [0, 0.05) is 17.1 Å². The van der Waals surface area contributed by atoms with E-state index >= 15 is 0 Å². The number of H-pyrrole nitrogens is 1. The normalized spacial score (nSPS) is 10.4. The van der Waals surface area contributed by atoms with E-state index in [1.54, 1.807) is 6.07 Å². The fourth-order valence-corrected chi connectivity index (χ4v) is 1.77. The molecule has 3 heteroatoms. The molecule has 0 fully saturated rings. The average molecular weight is 224 g/mol. The van der Waals surface area contributed by atoms with Gasteiger partial charge in [0.15, 0.2) is 6.29 Å². The zero-order chi connectivity index (χ0) is 8.55. The predicted molar refractivity (Wildman–Crippen MR) is 51.4 cm³/mol. The van der Waals surface area contributed by atoms with Crippen molar-refractivity contribution in [3.8, 4) is 0 Å². The van der Waals surface area contributed by atoms with Gasteiger partial charge in [0.1, 0.15) is 0 Å². The molecule has 0 spiro atoms. The summed E-state index contributed by atoms with van der Waals surface area (Å²) < 4.78 is 0.833. The Kier molecular flexibility index (Phi) is 1.73. The van der Waals surface area contributed by atoms with E-state index in [-0.39, 0.29) is 0 Å². The lowest BCUT2D eigenvalue weighted by Gasteiger charge is -1.96. The van der Waals surface area contributed by atoms with E-state index in [1.165, 1.54) is 0 Å². The molecule has 60 valence electrons. The van der Waals surface area contributed by atoms with Gasteiger partial charge in [0.05, 0.1) is 9.99 Å². The van der Waals surface area contributed by atoms with Crippen LogP contribution in [0.1, 0.15) is 10.4 Å². The van der Waals surface area contributed by atoms with Gasteiger partial charge in [0.2, 0.25) is 0 Å². The maximum atomic E-state index is 10.5. The third-order valence-electron chi connectivity index (χ3n) is 1.82. The highest BCUT2D eigenvalue weighted by Crippen LogP contribution is 2.25. The van der Waals surface area contributed by atoms with Crippen molar-refractivity contribution in [2.45, 2.75) is 0 Å². The molecule has 1 N–H and O–H groups in total. The van der Waals surface area contributed by atoms with E-state index in [1.807, 2.05) is 18.3 Å². The van der Waals surface area contributed by atoms with Gasteiger partial charge in [-0.15, -0.1) is 0 Å². The Balaban J connectivity index is 2.86. The van der Waals surface area contributed by atoms with Crippen molar-refractivity contribution in [3.05, 3.63) is 34.4 Å². The lowest BCUT2D eigenvalue weighted by molar-refractivity contribution is 0.112. The number of nitrogens with one attached hydrogen (secondary N) is 1. The van der Waals surface area contributed by atoms with Gasteiger partial charge < -0.3 is 4.98 Å². The van der Waals surface area contributed by atoms with Gasteiger partial charge in [-0.1, -0.05) is 6.07 Å². The maximum Gasteiger partial charge on any atom is 0.151 e. The number of hydrogen-bond donors (Lipinski definition) is 1. The van der Waals surface area contributed by atoms with E-state index in [4.69, 9.17) is 0 Å². The second-order valence-electron chi connectivity index (χ2n) is 2.53. The molecule has 1 aromatic carbocycles. The van der Waals surface area contributed by atoms with Crippen LogP contribution in [0.25, 0.3) is 10.9 Å². The van der Waals surface area contributed by atoms with Gasteiger partial charge in [-0.3, -0.25) is 4.79 Å². The van der Waals surface area contributed by atoms with Gasteiger partial charge in [-0.05, 0) is 28.1 Å². The van der Waals surface area contributed by atoms with Crippen LogP contribution in [0, 0.1) is 0 Å². The molecule has 1 heterocycles. The molecular formula is C9H6BrNO. The summed E-state index contributed by atoms with van der Waals surface area (Å²) in [6.07, 6.45) is 2.69. The molecule has 0 aliphatic rings. The number of fused-ring (bicyclic) bond motifs is 1. The summed E-state index contributed by atoms with van der Waals surface area (Å²) in [5.74, 6) is 0. The van der Waals surface area contributed by atoms with Crippen molar-refractivity contribution in [2.75, 3.05) is 0 Å². The largest absolute Gasteiger partial charge is 0.360 e. The topological polar surface area (TPSA) is 32.9 Å². The molecular weight excluding hydrogens is 218 g/mol. The molecule has 2 aromatic rings. The lowest BCUT2D eigenvalue weighted by atomic mass is 10.2. The quantitative estimate of drug-likeness (QED) is 0.742. The number of benzene rings is 1. The minimum absolute atomic E-state index is 0.671. The predicted octanol–water partition coefficient (Wildman–Crippen LogP) is 2.74. The molecule has 2 nitrogen and oxygen atoms in total. The lowest BCUT2D eigenvalue weighted by Crippen LogP contribution is -1.82. The van der Waals surface area contributed by atoms with E-state index < -0.39 is 0 Å². The van der Waals surface area contributed by atoms with Crippen LogP contribution in [-0.4, -0.2) is 11.3 Å². The van der Waals surface area contributed by atoms with Crippen molar-refractivity contribution in [2.24, 2.45) is 0 Å². The van der Waals surface area contributed by atoms with Crippen LogP contribution in [0.5, 0.6) is 0 Å². The summed E-state index contributed by atoms with van der Waals surface area (Å²) >= 11 is 3.36. The molecule has 0 saturated carbocycles. The Morgan fingerprint density at radius 2 is 2.17 bits per heavy atom. The number of hydrogen-bond acceptors (Lipinski definition) is 1. The second-order valence-corrected chi connectivity index (χ2v) is 3.32. The van der Waals surface area contributed by atoms with Crippen molar-refractivity contribution in [1.82, 2.24) is 4.98 Å². The standard InChI is InChI=1S/C9H6BrNO/c10-8-7(5-12)2-1-6-3-4-11-9(6)8/h1-5,11H. The van der Waals surface area contributed by atoms with Crippen LogP contribution in [0.3, 0.4) is 0 Å². The molecule has 0 unspecified atom stereocenters. The van der Waals surface area contributed by atoms with Gasteiger partial charge in [-0.2, -0.15) is 0 Å². The third kappa shape index (κ3) is 0.975. The first kappa shape index (κ1) is 7.55. The number of rotatable bonds is 1. The van der Waals surface area contributed by atoms with E-state index in [0.29, 0.717) is 5.56 Å². The third-order valence-corrected chi connectivity index (χ3v) is 2.68. The number of aromatic nitrogens is 1. The van der Waals surface area contributed by atoms with Crippen molar-refractivity contribution in [3.63, 3.8) is 0 Å². The summed E-state index contributed by atoms with van der Waals surface area (Å²) in [4.78, 5) is 13.6. The Morgan fingerprint density at radius 3 is 2.92 bits per heavy atom. The summed E-state index contributed by atoms with van der Waals surface area (Å²) in [6, 6.07) is 5.68. The van der Waals surface area contributed by atoms with Crippen LogP contribution in [0.4, 0.5) is 0 Å². The minimum atomic E-state index is 0.671. The van der Waals surface area contributed by atoms with Crippen molar-refractivity contribution >= 4 is 33.1 Å². The number of aldehydes is 1. The molecule has 0 bridgehead atoms. The van der Waals surface area contributed by atoms with Gasteiger partial charge >= 0.3 is 0 Å². The second kappa shape index (κ2) is 2.75. The number of halogens is 1. The van der Waals surface area contributed by atoms with Crippen LogP contribution >= 0.6 is 15.9 Å². The first-order chi connectivity index (χ1) is 5.83. The van der Waals surface area contributed by atoms with Crippen LogP contribution in [-0.2, 0) is 0 Å². The zero-order valence-electron chi connectivity index (χ0n) is 6.17.